The van der Waals surface area contributed by atoms with E-state index in [1.54, 1.807) is 0 Å². The Kier molecular flexibility index (Phi) is 6.07. The van der Waals surface area contributed by atoms with E-state index in [2.05, 4.69) is 17.4 Å². The molecule has 3 rings (SSSR count). The molecule has 0 atom stereocenters. The second kappa shape index (κ2) is 8.67. The summed E-state index contributed by atoms with van der Waals surface area (Å²) in [6, 6.07) is 16.4. The first-order valence-corrected chi connectivity index (χ1v) is 9.25. The lowest BCUT2D eigenvalue weighted by Crippen LogP contribution is -2.37. The molecule has 0 saturated carbocycles. The summed E-state index contributed by atoms with van der Waals surface area (Å²) in [6.07, 6.45) is 6.18. The molecule has 132 valence electrons. The number of hydrogen-bond acceptors (Lipinski definition) is 2. The predicted molar refractivity (Wildman–Crippen MR) is 103 cm³/mol. The molecule has 3 N–H and O–H groups in total. The molecule has 2 aromatic carbocycles. The lowest BCUT2D eigenvalue weighted by atomic mass is 10.0. The second-order valence-corrected chi connectivity index (χ2v) is 6.53. The van der Waals surface area contributed by atoms with Crippen molar-refractivity contribution in [2.24, 2.45) is 5.73 Å². The minimum absolute atomic E-state index is 0.0411. The molecule has 1 aliphatic heterocycles. The van der Waals surface area contributed by atoms with Crippen molar-refractivity contribution in [3.05, 3.63) is 59.7 Å². The lowest BCUT2D eigenvalue weighted by Gasteiger charge is -2.25. The summed E-state index contributed by atoms with van der Waals surface area (Å²) in [5, 5.41) is 3.09. The zero-order valence-electron chi connectivity index (χ0n) is 14.7. The average Bonchev–Trinajstić information content (AvgIpc) is 2.81. The van der Waals surface area contributed by atoms with Gasteiger partial charge in [0.15, 0.2) is 0 Å². The highest BCUT2D eigenvalue weighted by molar-refractivity contribution is 6.01. The Balaban J connectivity index is 1.76. The number of anilines is 2. The number of nitrogens with one attached hydrogen (secondary N) is 1. The fourth-order valence-corrected chi connectivity index (χ4v) is 3.40. The van der Waals surface area contributed by atoms with E-state index in [4.69, 9.17) is 5.73 Å². The van der Waals surface area contributed by atoms with Gasteiger partial charge in [0, 0.05) is 6.54 Å². The molecule has 0 fully saturated rings. The molecule has 2 aromatic rings. The third kappa shape index (κ3) is 4.20. The van der Waals surface area contributed by atoms with Crippen LogP contribution in [-0.4, -0.2) is 19.1 Å². The first kappa shape index (κ1) is 17.5. The van der Waals surface area contributed by atoms with Crippen LogP contribution in [0.2, 0.25) is 0 Å². The van der Waals surface area contributed by atoms with Gasteiger partial charge in [-0.1, -0.05) is 49.2 Å². The summed E-state index contributed by atoms with van der Waals surface area (Å²) in [7, 11) is 0. The monoisotopic (exact) mass is 337 g/mol. The topological polar surface area (TPSA) is 58.4 Å². The molecule has 0 unspecified atom stereocenters. The highest BCUT2D eigenvalue weighted by Crippen LogP contribution is 2.35. The van der Waals surface area contributed by atoms with Crippen molar-refractivity contribution in [2.75, 3.05) is 18.0 Å². The van der Waals surface area contributed by atoms with Crippen molar-refractivity contribution in [2.45, 2.75) is 38.5 Å². The molecule has 0 aromatic heterocycles. The number of nitrogens with zero attached hydrogens (tertiary/aromatic N) is 1. The Labute approximate surface area is 150 Å². The number of hydrogen-bond donors (Lipinski definition) is 2. The van der Waals surface area contributed by atoms with E-state index in [9.17, 15) is 4.79 Å². The lowest BCUT2D eigenvalue weighted by molar-refractivity contribution is 0.248. The first-order chi connectivity index (χ1) is 12.3. The zero-order chi connectivity index (χ0) is 17.5. The summed E-state index contributed by atoms with van der Waals surface area (Å²) in [6.45, 7) is 1.44. The molecule has 1 aliphatic rings. The molecular weight excluding hydrogens is 310 g/mol. The summed E-state index contributed by atoms with van der Waals surface area (Å²) in [5.74, 6) is 0. The van der Waals surface area contributed by atoms with Crippen LogP contribution in [0.5, 0.6) is 0 Å². The standard InChI is InChI=1S/C21H27N3O/c22-15-7-1-2-8-16-23-21(25)24-19-11-5-3-9-17(19)13-14-18-10-4-6-12-20(18)24/h3-6,9-12H,1-2,7-8,13-16,22H2,(H,23,25). The molecule has 0 saturated heterocycles. The highest BCUT2D eigenvalue weighted by atomic mass is 16.2. The predicted octanol–water partition coefficient (Wildman–Crippen LogP) is 4.15. The second-order valence-electron chi connectivity index (χ2n) is 6.53. The molecule has 4 nitrogen and oxygen atoms in total. The minimum Gasteiger partial charge on any atom is -0.337 e. The van der Waals surface area contributed by atoms with Crippen LogP contribution in [0.1, 0.15) is 36.8 Å². The molecule has 1 heterocycles. The normalized spacial score (nSPS) is 12.9. The van der Waals surface area contributed by atoms with Crippen molar-refractivity contribution in [3.8, 4) is 0 Å². The minimum atomic E-state index is -0.0411. The van der Waals surface area contributed by atoms with Crippen molar-refractivity contribution < 1.29 is 4.79 Å². The number of carbonyl (C=O) groups excluding carboxylic acids is 1. The summed E-state index contributed by atoms with van der Waals surface area (Å²) < 4.78 is 0. The van der Waals surface area contributed by atoms with Crippen LogP contribution in [0, 0.1) is 0 Å². The molecule has 0 spiro atoms. The molecule has 0 radical (unpaired) electrons. The maximum atomic E-state index is 13.0. The van der Waals surface area contributed by atoms with Crippen molar-refractivity contribution >= 4 is 17.4 Å². The SMILES string of the molecule is NCCCCCCNC(=O)N1c2ccccc2CCc2ccccc21. The smallest absolute Gasteiger partial charge is 0.326 e. The quantitative estimate of drug-likeness (QED) is 0.778. The van der Waals surface area contributed by atoms with E-state index in [0.717, 1.165) is 56.4 Å². The highest BCUT2D eigenvalue weighted by Gasteiger charge is 2.25. The van der Waals surface area contributed by atoms with Crippen molar-refractivity contribution in [1.82, 2.24) is 5.32 Å². The van der Waals surface area contributed by atoms with Crippen LogP contribution >= 0.6 is 0 Å². The van der Waals surface area contributed by atoms with E-state index in [-0.39, 0.29) is 6.03 Å². The van der Waals surface area contributed by atoms with E-state index in [1.807, 2.05) is 41.3 Å². The number of para-hydroxylation sites is 2. The van der Waals surface area contributed by atoms with E-state index in [1.165, 1.54) is 11.1 Å². The number of benzene rings is 2. The molecule has 25 heavy (non-hydrogen) atoms. The van der Waals surface area contributed by atoms with E-state index in [0.29, 0.717) is 6.54 Å². The van der Waals surface area contributed by atoms with Crippen LogP contribution in [-0.2, 0) is 12.8 Å². The molecular formula is C21H27N3O. The zero-order valence-corrected chi connectivity index (χ0v) is 14.7. The van der Waals surface area contributed by atoms with Gasteiger partial charge in [-0.15, -0.1) is 0 Å². The fourth-order valence-electron chi connectivity index (χ4n) is 3.40. The maximum absolute atomic E-state index is 13.0. The van der Waals surface area contributed by atoms with Gasteiger partial charge in [-0.2, -0.15) is 0 Å². The summed E-state index contributed by atoms with van der Waals surface area (Å²) in [4.78, 5) is 14.8. The van der Waals surface area contributed by atoms with Gasteiger partial charge in [0.1, 0.15) is 0 Å². The number of urea groups is 1. The van der Waals surface area contributed by atoms with Gasteiger partial charge in [0.05, 0.1) is 11.4 Å². The van der Waals surface area contributed by atoms with Crippen LogP contribution < -0.4 is 16.0 Å². The average molecular weight is 337 g/mol. The summed E-state index contributed by atoms with van der Waals surface area (Å²) in [5.41, 5.74) is 9.94. The van der Waals surface area contributed by atoms with Gasteiger partial charge >= 0.3 is 6.03 Å². The number of nitrogens with two attached hydrogens (primary N) is 1. The summed E-state index contributed by atoms with van der Waals surface area (Å²) >= 11 is 0. The number of fused-ring (bicyclic) bond motifs is 2. The van der Waals surface area contributed by atoms with Crippen LogP contribution in [0.4, 0.5) is 16.2 Å². The van der Waals surface area contributed by atoms with E-state index < -0.39 is 0 Å². The number of amides is 2. The Morgan fingerprint density at radius 2 is 1.44 bits per heavy atom. The van der Waals surface area contributed by atoms with Crippen molar-refractivity contribution in [1.29, 1.82) is 0 Å². The van der Waals surface area contributed by atoms with Gasteiger partial charge in [-0.05, 0) is 55.5 Å². The molecule has 2 amide bonds. The number of rotatable bonds is 6. The third-order valence-electron chi connectivity index (χ3n) is 4.74. The van der Waals surface area contributed by atoms with Gasteiger partial charge in [0.2, 0.25) is 0 Å². The largest absolute Gasteiger partial charge is 0.337 e. The van der Waals surface area contributed by atoms with E-state index >= 15 is 0 Å². The third-order valence-corrected chi connectivity index (χ3v) is 4.74. The molecule has 0 bridgehead atoms. The number of aryl methyl sites for hydroxylation is 2. The van der Waals surface area contributed by atoms with Gasteiger partial charge in [-0.3, -0.25) is 4.90 Å². The number of carbonyl (C=O) groups is 1. The Hall–Kier alpha value is -2.33. The number of unbranched alkanes of at least 4 members (excludes halogenated alkanes) is 3. The molecule has 0 aliphatic carbocycles. The van der Waals surface area contributed by atoms with Gasteiger partial charge in [-0.25, -0.2) is 4.79 Å². The first-order valence-electron chi connectivity index (χ1n) is 9.25. The van der Waals surface area contributed by atoms with Crippen LogP contribution in [0.15, 0.2) is 48.5 Å². The Bertz CT molecular complexity index is 666. The fraction of sp³-hybridized carbons (Fsp3) is 0.381. The van der Waals surface area contributed by atoms with Crippen molar-refractivity contribution in [3.63, 3.8) is 0 Å². The Morgan fingerprint density at radius 3 is 2.04 bits per heavy atom. The maximum Gasteiger partial charge on any atom is 0.326 e. The Morgan fingerprint density at radius 1 is 0.880 bits per heavy atom. The van der Waals surface area contributed by atoms with Crippen LogP contribution in [0.3, 0.4) is 0 Å². The van der Waals surface area contributed by atoms with Gasteiger partial charge < -0.3 is 11.1 Å². The van der Waals surface area contributed by atoms with Gasteiger partial charge in [0.25, 0.3) is 0 Å². The van der Waals surface area contributed by atoms with Crippen LogP contribution in [0.25, 0.3) is 0 Å². The molecule has 4 heteroatoms.